The third kappa shape index (κ3) is 3.57. The van der Waals surface area contributed by atoms with Crippen LogP contribution in [-0.2, 0) is 6.42 Å². The Balaban J connectivity index is 2.02. The third-order valence-corrected chi connectivity index (χ3v) is 3.16. The van der Waals surface area contributed by atoms with Gasteiger partial charge in [-0.25, -0.2) is 0 Å². The average Bonchev–Trinajstić information content (AvgIpc) is 2.40. The van der Waals surface area contributed by atoms with Gasteiger partial charge >= 0.3 is 0 Å². The van der Waals surface area contributed by atoms with Gasteiger partial charge < -0.3 is 5.32 Å². The molecule has 1 N–H and O–H groups in total. The molecule has 0 aliphatic rings. The summed E-state index contributed by atoms with van der Waals surface area (Å²) in [4.78, 5) is 10.7. The second-order valence-electron chi connectivity index (χ2n) is 4.94. The van der Waals surface area contributed by atoms with E-state index in [4.69, 9.17) is 0 Å². The molecule has 0 heterocycles. The van der Waals surface area contributed by atoms with E-state index in [1.807, 2.05) is 19.1 Å². The molecule has 0 aromatic heterocycles. The first kappa shape index (κ1) is 14.1. The first-order valence-electron chi connectivity index (χ1n) is 6.61. The fourth-order valence-corrected chi connectivity index (χ4v) is 2.15. The van der Waals surface area contributed by atoms with Crippen LogP contribution in [0, 0.1) is 24.0 Å². The zero-order valence-corrected chi connectivity index (χ0v) is 11.7. The number of hydrogen-bond acceptors (Lipinski definition) is 3. The van der Waals surface area contributed by atoms with Gasteiger partial charge in [-0.05, 0) is 37.5 Å². The Morgan fingerprint density at radius 2 is 1.85 bits per heavy atom. The minimum atomic E-state index is -0.345. The molecule has 0 saturated carbocycles. The highest BCUT2D eigenvalue weighted by Gasteiger charge is 2.12. The highest BCUT2D eigenvalue weighted by atomic mass is 16.6. The van der Waals surface area contributed by atoms with Crippen LogP contribution in [0.4, 0.5) is 11.4 Å². The first-order chi connectivity index (χ1) is 9.56. The van der Waals surface area contributed by atoms with Gasteiger partial charge in [0.2, 0.25) is 0 Å². The molecule has 2 aromatic rings. The number of nitro benzene ring substituents is 1. The molecule has 2 aromatic carbocycles. The minimum absolute atomic E-state index is 0.134. The fraction of sp³-hybridized carbons (Fsp3) is 0.250. The standard InChI is InChI=1S/C16H18N2O2/c1-12-4-3-5-14(10-12)8-9-17-15-7-6-13(2)11-16(15)18(19)20/h3-7,10-11,17H,8-9H2,1-2H3. The molecule has 20 heavy (non-hydrogen) atoms. The quantitative estimate of drug-likeness (QED) is 0.663. The highest BCUT2D eigenvalue weighted by molar-refractivity contribution is 5.62. The minimum Gasteiger partial charge on any atom is -0.379 e. The lowest BCUT2D eigenvalue weighted by molar-refractivity contribution is -0.384. The Hall–Kier alpha value is -2.36. The van der Waals surface area contributed by atoms with Gasteiger partial charge in [0.25, 0.3) is 5.69 Å². The number of nitrogens with one attached hydrogen (secondary N) is 1. The van der Waals surface area contributed by atoms with Crippen molar-refractivity contribution in [1.82, 2.24) is 0 Å². The zero-order valence-electron chi connectivity index (χ0n) is 11.7. The Bertz CT molecular complexity index is 624. The van der Waals surface area contributed by atoms with E-state index in [0.29, 0.717) is 12.2 Å². The molecule has 0 spiro atoms. The van der Waals surface area contributed by atoms with E-state index in [1.165, 1.54) is 11.1 Å². The van der Waals surface area contributed by atoms with E-state index in [1.54, 1.807) is 12.1 Å². The Morgan fingerprint density at radius 1 is 1.10 bits per heavy atom. The van der Waals surface area contributed by atoms with Gasteiger partial charge in [0, 0.05) is 12.6 Å². The molecule has 0 saturated heterocycles. The molecule has 104 valence electrons. The Labute approximate surface area is 118 Å². The monoisotopic (exact) mass is 270 g/mol. The van der Waals surface area contributed by atoms with Crippen molar-refractivity contribution in [2.45, 2.75) is 20.3 Å². The molecule has 0 fully saturated rings. The summed E-state index contributed by atoms with van der Waals surface area (Å²) in [7, 11) is 0. The normalized spacial score (nSPS) is 10.3. The average molecular weight is 270 g/mol. The fourth-order valence-electron chi connectivity index (χ4n) is 2.15. The maximum Gasteiger partial charge on any atom is 0.292 e. The summed E-state index contributed by atoms with van der Waals surface area (Å²) in [6.45, 7) is 4.58. The summed E-state index contributed by atoms with van der Waals surface area (Å²) in [6, 6.07) is 13.5. The van der Waals surface area contributed by atoms with Crippen molar-refractivity contribution in [1.29, 1.82) is 0 Å². The summed E-state index contributed by atoms with van der Waals surface area (Å²) in [5.41, 5.74) is 4.06. The van der Waals surface area contributed by atoms with Crippen molar-refractivity contribution >= 4 is 11.4 Å². The summed E-state index contributed by atoms with van der Waals surface area (Å²) < 4.78 is 0. The summed E-state index contributed by atoms with van der Waals surface area (Å²) in [5, 5.41) is 14.2. The van der Waals surface area contributed by atoms with Crippen LogP contribution in [0.25, 0.3) is 0 Å². The van der Waals surface area contributed by atoms with Crippen LogP contribution in [0.15, 0.2) is 42.5 Å². The van der Waals surface area contributed by atoms with Gasteiger partial charge in [-0.15, -0.1) is 0 Å². The van der Waals surface area contributed by atoms with Crippen LogP contribution in [0.1, 0.15) is 16.7 Å². The van der Waals surface area contributed by atoms with Crippen molar-refractivity contribution in [3.8, 4) is 0 Å². The number of rotatable bonds is 5. The smallest absolute Gasteiger partial charge is 0.292 e. The number of nitrogens with zero attached hydrogens (tertiary/aromatic N) is 1. The molecule has 4 heteroatoms. The molecular weight excluding hydrogens is 252 g/mol. The van der Waals surface area contributed by atoms with E-state index in [0.717, 1.165) is 12.0 Å². The number of anilines is 1. The lowest BCUT2D eigenvalue weighted by atomic mass is 10.1. The van der Waals surface area contributed by atoms with Gasteiger partial charge in [0.15, 0.2) is 0 Å². The molecular formula is C16H18N2O2. The lowest BCUT2D eigenvalue weighted by Gasteiger charge is -2.08. The zero-order chi connectivity index (χ0) is 14.5. The van der Waals surface area contributed by atoms with Gasteiger partial charge in [-0.2, -0.15) is 0 Å². The molecule has 4 nitrogen and oxygen atoms in total. The van der Waals surface area contributed by atoms with Crippen LogP contribution >= 0.6 is 0 Å². The number of aryl methyl sites for hydroxylation is 2. The lowest BCUT2D eigenvalue weighted by Crippen LogP contribution is -2.07. The Kier molecular flexibility index (Phi) is 4.35. The van der Waals surface area contributed by atoms with Crippen LogP contribution < -0.4 is 5.32 Å². The SMILES string of the molecule is Cc1cccc(CCNc2ccc(C)cc2[N+](=O)[O-])c1. The van der Waals surface area contributed by atoms with Crippen LogP contribution in [0.2, 0.25) is 0 Å². The van der Waals surface area contributed by atoms with Crippen molar-refractivity contribution in [2.75, 3.05) is 11.9 Å². The van der Waals surface area contributed by atoms with Crippen molar-refractivity contribution in [2.24, 2.45) is 0 Å². The number of benzene rings is 2. The second-order valence-corrected chi connectivity index (χ2v) is 4.94. The maximum absolute atomic E-state index is 11.0. The van der Waals surface area contributed by atoms with Gasteiger partial charge in [-0.3, -0.25) is 10.1 Å². The van der Waals surface area contributed by atoms with E-state index in [2.05, 4.69) is 30.4 Å². The van der Waals surface area contributed by atoms with E-state index >= 15 is 0 Å². The largest absolute Gasteiger partial charge is 0.379 e. The van der Waals surface area contributed by atoms with Crippen molar-refractivity contribution < 1.29 is 4.92 Å². The van der Waals surface area contributed by atoms with Crippen molar-refractivity contribution in [3.63, 3.8) is 0 Å². The molecule has 0 atom stereocenters. The van der Waals surface area contributed by atoms with E-state index < -0.39 is 0 Å². The molecule has 2 rings (SSSR count). The summed E-state index contributed by atoms with van der Waals surface area (Å²) in [6.07, 6.45) is 0.840. The van der Waals surface area contributed by atoms with Crippen molar-refractivity contribution in [3.05, 3.63) is 69.3 Å². The number of nitro groups is 1. The molecule has 0 aliphatic heterocycles. The predicted molar refractivity (Wildman–Crippen MR) is 81.2 cm³/mol. The summed E-state index contributed by atoms with van der Waals surface area (Å²) in [5.74, 6) is 0. The molecule has 0 aliphatic carbocycles. The van der Waals surface area contributed by atoms with Crippen LogP contribution in [0.5, 0.6) is 0 Å². The van der Waals surface area contributed by atoms with Gasteiger partial charge in [0.05, 0.1) is 4.92 Å². The topological polar surface area (TPSA) is 55.2 Å². The molecule has 0 radical (unpaired) electrons. The molecule has 0 bridgehead atoms. The van der Waals surface area contributed by atoms with E-state index in [9.17, 15) is 10.1 Å². The first-order valence-corrected chi connectivity index (χ1v) is 6.61. The predicted octanol–water partition coefficient (Wildman–Crippen LogP) is 3.87. The van der Waals surface area contributed by atoms with Gasteiger partial charge in [-0.1, -0.05) is 35.9 Å². The third-order valence-electron chi connectivity index (χ3n) is 3.16. The Morgan fingerprint density at radius 3 is 2.55 bits per heavy atom. The van der Waals surface area contributed by atoms with Crippen LogP contribution in [-0.4, -0.2) is 11.5 Å². The van der Waals surface area contributed by atoms with E-state index in [-0.39, 0.29) is 10.6 Å². The van der Waals surface area contributed by atoms with Crippen LogP contribution in [0.3, 0.4) is 0 Å². The van der Waals surface area contributed by atoms with Gasteiger partial charge in [0.1, 0.15) is 5.69 Å². The molecule has 0 unspecified atom stereocenters. The maximum atomic E-state index is 11.0. The molecule has 0 amide bonds. The summed E-state index contributed by atoms with van der Waals surface area (Å²) >= 11 is 0. The highest BCUT2D eigenvalue weighted by Crippen LogP contribution is 2.25. The second kappa shape index (κ2) is 6.19. The number of hydrogen-bond donors (Lipinski definition) is 1.